The minimum Gasteiger partial charge on any atom is -0.310 e. The van der Waals surface area contributed by atoms with Crippen LogP contribution in [0.4, 0.5) is 0 Å². The van der Waals surface area contributed by atoms with Gasteiger partial charge >= 0.3 is 0 Å². The first-order valence-corrected chi connectivity index (χ1v) is 14.7. The number of aromatic nitrogens is 2. The summed E-state index contributed by atoms with van der Waals surface area (Å²) in [6.07, 6.45) is 5.89. The van der Waals surface area contributed by atoms with E-state index in [1.807, 2.05) is 11.8 Å². The lowest BCUT2D eigenvalue weighted by molar-refractivity contribution is 0.826. The number of nitrogens with zero attached hydrogens (tertiary/aromatic N) is 2. The number of thioether (sulfide) groups is 1. The van der Waals surface area contributed by atoms with Crippen molar-refractivity contribution in [1.82, 2.24) is 9.13 Å². The molecule has 190 valence electrons. The van der Waals surface area contributed by atoms with Crippen molar-refractivity contribution in [3.63, 3.8) is 0 Å². The summed E-state index contributed by atoms with van der Waals surface area (Å²) in [5, 5.41) is 5.21. The Balaban J connectivity index is 1.26. The van der Waals surface area contributed by atoms with Crippen molar-refractivity contribution in [2.24, 2.45) is 0 Å². The maximum absolute atomic E-state index is 2.46. The molecule has 2 nitrogen and oxygen atoms in total. The van der Waals surface area contributed by atoms with E-state index in [0.717, 1.165) is 6.42 Å². The van der Waals surface area contributed by atoms with Crippen molar-refractivity contribution < 1.29 is 0 Å². The largest absolute Gasteiger partial charge is 0.310 e. The van der Waals surface area contributed by atoms with Gasteiger partial charge in [-0.05, 0) is 73.0 Å². The Bertz CT molecular complexity index is 2140. The quantitative estimate of drug-likeness (QED) is 0.216. The Kier molecular flexibility index (Phi) is 4.49. The van der Waals surface area contributed by atoms with Crippen LogP contribution < -0.4 is 0 Å². The van der Waals surface area contributed by atoms with Gasteiger partial charge in [-0.15, -0.1) is 11.8 Å². The average Bonchev–Trinajstić information content (AvgIpc) is 3.61. The molecule has 3 heterocycles. The second-order valence-electron chi connectivity index (χ2n) is 11.1. The van der Waals surface area contributed by atoms with Gasteiger partial charge < -0.3 is 9.13 Å². The molecule has 1 aliphatic carbocycles. The third kappa shape index (κ3) is 2.96. The Morgan fingerprint density at radius 1 is 0.600 bits per heavy atom. The lowest BCUT2D eigenvalue weighted by Gasteiger charge is -2.28. The predicted molar refractivity (Wildman–Crippen MR) is 171 cm³/mol. The Morgan fingerprint density at radius 3 is 1.65 bits per heavy atom. The number of benzene rings is 5. The van der Waals surface area contributed by atoms with Crippen LogP contribution in [0.2, 0.25) is 0 Å². The van der Waals surface area contributed by atoms with Gasteiger partial charge in [0.2, 0.25) is 0 Å². The summed E-state index contributed by atoms with van der Waals surface area (Å²) in [7, 11) is 0. The van der Waals surface area contributed by atoms with E-state index < -0.39 is 0 Å². The van der Waals surface area contributed by atoms with Gasteiger partial charge in [0.1, 0.15) is 0 Å². The van der Waals surface area contributed by atoms with Crippen LogP contribution in [0.3, 0.4) is 0 Å². The lowest BCUT2D eigenvalue weighted by Crippen LogP contribution is -2.20. The maximum atomic E-state index is 2.46. The Morgan fingerprint density at radius 2 is 1.10 bits per heavy atom. The van der Waals surface area contributed by atoms with Gasteiger partial charge in [-0.2, -0.15) is 0 Å². The minimum absolute atomic E-state index is 0.0318. The standard InChI is InChI=1S/C37H26N2S/c1-37-21-20-25(39-34-16-8-4-12-28(34)29-13-5-9-17-35(29)39)23-31(37)30-22-24(18-19-36(30)40-37)38-32-14-6-2-10-26(32)27-11-3-7-15-33(27)38/h2-20,22-23H,21H2,1H3. The average molecular weight is 531 g/mol. The third-order valence-corrected chi connectivity index (χ3v) is 10.2. The van der Waals surface area contributed by atoms with Gasteiger partial charge in [-0.1, -0.05) is 78.9 Å². The van der Waals surface area contributed by atoms with E-state index in [1.54, 1.807) is 0 Å². The number of fused-ring (bicyclic) bond motifs is 9. The second kappa shape index (κ2) is 8.03. The fraction of sp³-hybridized carbons (Fsp3) is 0.0811. The Labute approximate surface area is 236 Å². The molecule has 2 aliphatic rings. The van der Waals surface area contributed by atoms with E-state index in [-0.39, 0.29) is 4.75 Å². The number of para-hydroxylation sites is 4. The molecule has 5 aromatic carbocycles. The molecule has 0 bridgehead atoms. The summed E-state index contributed by atoms with van der Waals surface area (Å²) in [5.74, 6) is 0. The van der Waals surface area contributed by atoms with E-state index in [1.165, 1.54) is 71.0 Å². The molecule has 1 unspecified atom stereocenters. The van der Waals surface area contributed by atoms with Crippen LogP contribution in [0.1, 0.15) is 18.9 Å². The van der Waals surface area contributed by atoms with E-state index in [9.17, 15) is 0 Å². The van der Waals surface area contributed by atoms with Gasteiger partial charge in [-0.25, -0.2) is 0 Å². The molecule has 1 atom stereocenters. The molecule has 2 aromatic heterocycles. The van der Waals surface area contributed by atoms with Gasteiger partial charge in [0, 0.05) is 42.6 Å². The van der Waals surface area contributed by atoms with Crippen LogP contribution in [0.15, 0.2) is 132 Å². The highest BCUT2D eigenvalue weighted by molar-refractivity contribution is 8.01. The van der Waals surface area contributed by atoms with E-state index in [0.29, 0.717) is 0 Å². The molecule has 0 saturated carbocycles. The summed E-state index contributed by atoms with van der Waals surface area (Å²) >= 11 is 2.01. The summed E-state index contributed by atoms with van der Waals surface area (Å²) < 4.78 is 4.92. The zero-order valence-corrected chi connectivity index (χ0v) is 23.0. The maximum Gasteiger partial charge on any atom is 0.0541 e. The highest BCUT2D eigenvalue weighted by Gasteiger charge is 2.40. The smallest absolute Gasteiger partial charge is 0.0541 e. The summed E-state index contributed by atoms with van der Waals surface area (Å²) in [4.78, 5) is 1.37. The number of allylic oxidation sites excluding steroid dienone is 3. The van der Waals surface area contributed by atoms with Crippen molar-refractivity contribution >= 4 is 66.6 Å². The molecule has 40 heavy (non-hydrogen) atoms. The lowest BCUT2D eigenvalue weighted by atomic mass is 9.86. The zero-order valence-electron chi connectivity index (χ0n) is 22.1. The molecule has 1 aliphatic heterocycles. The molecule has 0 radical (unpaired) electrons. The monoisotopic (exact) mass is 530 g/mol. The summed E-state index contributed by atoms with van der Waals surface area (Å²) in [6, 6.07) is 42.2. The molecule has 9 rings (SSSR count). The molecular weight excluding hydrogens is 504 g/mol. The van der Waals surface area contributed by atoms with Crippen molar-refractivity contribution in [1.29, 1.82) is 0 Å². The topological polar surface area (TPSA) is 9.86 Å². The number of hydrogen-bond acceptors (Lipinski definition) is 1. The fourth-order valence-electron chi connectivity index (χ4n) is 6.98. The first-order chi connectivity index (χ1) is 19.7. The predicted octanol–water partition coefficient (Wildman–Crippen LogP) is 10.1. The SMILES string of the molecule is CC12CC=C(n3c4ccccc4c4ccccc43)C=C1c1cc(-n3c4ccccc4c4ccccc43)ccc1S2. The molecule has 0 spiro atoms. The van der Waals surface area contributed by atoms with Gasteiger partial charge in [0.05, 0.1) is 22.1 Å². The zero-order chi connectivity index (χ0) is 26.4. The Hall–Kier alpha value is -4.47. The highest BCUT2D eigenvalue weighted by atomic mass is 32.2. The summed E-state index contributed by atoms with van der Waals surface area (Å²) in [5.41, 5.74) is 10.3. The van der Waals surface area contributed by atoms with Crippen LogP contribution in [0.5, 0.6) is 0 Å². The van der Waals surface area contributed by atoms with E-state index >= 15 is 0 Å². The van der Waals surface area contributed by atoms with Crippen LogP contribution in [0, 0.1) is 0 Å². The van der Waals surface area contributed by atoms with Crippen molar-refractivity contribution in [2.45, 2.75) is 23.0 Å². The molecule has 0 N–H and O–H groups in total. The van der Waals surface area contributed by atoms with E-state index in [2.05, 4.69) is 143 Å². The van der Waals surface area contributed by atoms with E-state index in [4.69, 9.17) is 0 Å². The van der Waals surface area contributed by atoms with Crippen LogP contribution >= 0.6 is 11.8 Å². The first kappa shape index (κ1) is 22.4. The van der Waals surface area contributed by atoms with Gasteiger partial charge in [-0.3, -0.25) is 0 Å². The molecule has 7 aromatic rings. The highest BCUT2D eigenvalue weighted by Crippen LogP contribution is 2.57. The molecule has 0 saturated heterocycles. The van der Waals surface area contributed by atoms with Crippen molar-refractivity contribution in [3.05, 3.63) is 133 Å². The third-order valence-electron chi connectivity index (χ3n) is 8.83. The molecular formula is C37H26N2S. The van der Waals surface area contributed by atoms with Crippen LogP contribution in [-0.2, 0) is 0 Å². The van der Waals surface area contributed by atoms with Crippen LogP contribution in [-0.4, -0.2) is 13.9 Å². The molecule has 0 amide bonds. The summed E-state index contributed by atoms with van der Waals surface area (Å²) in [6.45, 7) is 2.41. The van der Waals surface area contributed by atoms with Crippen molar-refractivity contribution in [2.75, 3.05) is 0 Å². The van der Waals surface area contributed by atoms with Gasteiger partial charge in [0.25, 0.3) is 0 Å². The number of rotatable bonds is 2. The second-order valence-corrected chi connectivity index (χ2v) is 12.7. The van der Waals surface area contributed by atoms with Crippen molar-refractivity contribution in [3.8, 4) is 5.69 Å². The van der Waals surface area contributed by atoms with Crippen LogP contribution in [0.25, 0.3) is 60.6 Å². The van der Waals surface area contributed by atoms with Gasteiger partial charge in [0.15, 0.2) is 0 Å². The normalized spacial score (nSPS) is 18.3. The number of hydrogen-bond donors (Lipinski definition) is 0. The molecule has 3 heteroatoms. The fourth-order valence-corrected chi connectivity index (χ4v) is 8.33. The minimum atomic E-state index is 0.0318. The first-order valence-electron chi connectivity index (χ1n) is 13.9. The molecule has 0 fully saturated rings.